The molecule has 0 spiro atoms. The van der Waals surface area contributed by atoms with Crippen LogP contribution in [-0.2, 0) is 42.2 Å². The topological polar surface area (TPSA) is 155 Å². The molecular formula is C66H111O11P. The van der Waals surface area contributed by atoms with Crippen LogP contribution in [0.15, 0.2) is 109 Å². The molecule has 0 fully saturated rings. The van der Waals surface area contributed by atoms with E-state index in [9.17, 15) is 28.9 Å². The van der Waals surface area contributed by atoms with E-state index < -0.39 is 57.8 Å². The highest BCUT2D eigenvalue weighted by atomic mass is 31.2. The van der Waals surface area contributed by atoms with Gasteiger partial charge in [-0.1, -0.05) is 220 Å². The average Bonchev–Trinajstić information content (AvgIpc) is 3.43. The molecule has 11 nitrogen and oxygen atoms in total. The Morgan fingerprint density at radius 3 is 1.05 bits per heavy atom. The number of rotatable bonds is 56. The van der Waals surface area contributed by atoms with E-state index in [0.717, 1.165) is 109 Å². The Morgan fingerprint density at radius 1 is 0.372 bits per heavy atom. The fraction of sp³-hybridized carbons (Fsp3) is 0.682. The van der Waals surface area contributed by atoms with Gasteiger partial charge in [-0.3, -0.25) is 23.4 Å². The van der Waals surface area contributed by atoms with Crippen molar-refractivity contribution in [1.29, 1.82) is 0 Å². The zero-order valence-electron chi connectivity index (χ0n) is 49.3. The molecule has 0 rings (SSSR count). The first kappa shape index (κ1) is 74.1. The second kappa shape index (κ2) is 59.3. The Bertz CT molecular complexity index is 1720. The van der Waals surface area contributed by atoms with Crippen molar-refractivity contribution in [3.05, 3.63) is 109 Å². The normalized spacial score (nSPS) is 14.1. The van der Waals surface area contributed by atoms with Gasteiger partial charge in [0.1, 0.15) is 12.7 Å². The Balaban J connectivity index is 4.80. The summed E-state index contributed by atoms with van der Waals surface area (Å²) < 4.78 is 39.5. The standard InChI is InChI=1S/C66H111O11P/c1-4-7-10-13-16-19-22-25-27-29-31-33-35-38-40-43-46-49-52-55-64(68)73-59-63(77-66(70)57-54-51-48-45-42-39-36-34-32-30-28-26-23-20-17-14-11-8-5-2)61-75-78(71,72)74-60-62(58-67)76-65(69)56-53-50-47-44-41-37-24-21-18-15-12-9-6-3/h8-9,11-12,17-18,20-21,25-28,32,34,37,39,41-42,62-63,67H,4-7,10,13-16,19,22-24,29-31,33,35-36,38,40,43-61H2,1-3H3,(H,71,72)/b11-8-,12-9-,20-17-,21-18-,27-25-,28-26-,34-32-,41-37-,42-39-. The third kappa shape index (κ3) is 56.8. The maximum atomic E-state index is 12.9. The Labute approximate surface area is 475 Å². The molecule has 0 aliphatic heterocycles. The molecule has 0 saturated carbocycles. The SMILES string of the molecule is CC/C=C\C/C=C\C/C=C\C/C=C\C/C=C\CCCCCC(=O)OC(COC(=O)CCCCCCCCCCC/C=C\CCCCCCCC)COP(=O)(O)OCC(CO)OC(=O)CCCCC/C=C\C/C=C\C/C=C\CC. The van der Waals surface area contributed by atoms with Gasteiger partial charge in [0, 0.05) is 19.3 Å². The number of carbonyl (C=O) groups excluding carboxylic acids is 3. The van der Waals surface area contributed by atoms with Crippen LogP contribution in [0.4, 0.5) is 0 Å². The lowest BCUT2D eigenvalue weighted by molar-refractivity contribution is -0.161. The van der Waals surface area contributed by atoms with E-state index >= 15 is 0 Å². The summed E-state index contributed by atoms with van der Waals surface area (Å²) in [5, 5.41) is 9.82. The molecule has 0 aromatic heterocycles. The number of unbranched alkanes of at least 4 members (excludes halogenated alkanes) is 21. The molecule has 0 aromatic carbocycles. The van der Waals surface area contributed by atoms with E-state index in [4.69, 9.17) is 23.3 Å². The zero-order valence-corrected chi connectivity index (χ0v) is 50.2. The third-order valence-corrected chi connectivity index (χ3v) is 13.6. The lowest BCUT2D eigenvalue weighted by atomic mass is 10.1. The van der Waals surface area contributed by atoms with E-state index in [1.165, 1.54) is 83.5 Å². The number of aliphatic hydroxyl groups excluding tert-OH is 1. The number of allylic oxidation sites excluding steroid dienone is 18. The molecule has 3 atom stereocenters. The smallest absolute Gasteiger partial charge is 0.462 e. The zero-order chi connectivity index (χ0) is 56.9. The van der Waals surface area contributed by atoms with Gasteiger partial charge in [0.25, 0.3) is 0 Å². The van der Waals surface area contributed by atoms with Crippen molar-refractivity contribution >= 4 is 25.7 Å². The van der Waals surface area contributed by atoms with Gasteiger partial charge in [-0.2, -0.15) is 0 Å². The van der Waals surface area contributed by atoms with Crippen molar-refractivity contribution in [3.8, 4) is 0 Å². The van der Waals surface area contributed by atoms with Gasteiger partial charge in [-0.05, 0) is 122 Å². The second-order valence-electron chi connectivity index (χ2n) is 20.1. The summed E-state index contributed by atoms with van der Waals surface area (Å²) in [4.78, 5) is 48.6. The molecular weight excluding hydrogens is 1000 g/mol. The van der Waals surface area contributed by atoms with Gasteiger partial charge in [0.05, 0.1) is 19.8 Å². The van der Waals surface area contributed by atoms with Gasteiger partial charge >= 0.3 is 25.7 Å². The summed E-state index contributed by atoms with van der Waals surface area (Å²) in [7, 11) is -4.77. The molecule has 0 heterocycles. The molecule has 3 unspecified atom stereocenters. The number of hydrogen-bond donors (Lipinski definition) is 2. The van der Waals surface area contributed by atoms with Crippen molar-refractivity contribution in [2.24, 2.45) is 0 Å². The van der Waals surface area contributed by atoms with Crippen LogP contribution in [0.5, 0.6) is 0 Å². The molecule has 2 N–H and O–H groups in total. The van der Waals surface area contributed by atoms with Crippen molar-refractivity contribution in [2.75, 3.05) is 26.4 Å². The predicted molar refractivity (Wildman–Crippen MR) is 325 cm³/mol. The number of ether oxygens (including phenoxy) is 3. The fourth-order valence-electron chi connectivity index (χ4n) is 8.04. The summed E-state index contributed by atoms with van der Waals surface area (Å²) >= 11 is 0. The van der Waals surface area contributed by atoms with Crippen LogP contribution in [0.1, 0.15) is 252 Å². The number of hydrogen-bond acceptors (Lipinski definition) is 10. The van der Waals surface area contributed by atoms with Gasteiger partial charge in [-0.15, -0.1) is 0 Å². The van der Waals surface area contributed by atoms with Crippen LogP contribution < -0.4 is 0 Å². The van der Waals surface area contributed by atoms with Crippen LogP contribution in [0.3, 0.4) is 0 Å². The van der Waals surface area contributed by atoms with Crippen LogP contribution >= 0.6 is 7.82 Å². The molecule has 78 heavy (non-hydrogen) atoms. The number of phosphoric acid groups is 1. The van der Waals surface area contributed by atoms with Crippen molar-refractivity contribution < 1.29 is 52.2 Å². The Kier molecular flexibility index (Phi) is 56.3. The Hall–Kier alpha value is -3.86. The van der Waals surface area contributed by atoms with E-state index in [0.29, 0.717) is 19.3 Å². The summed E-state index contributed by atoms with van der Waals surface area (Å²) in [6.07, 6.45) is 71.9. The number of aliphatic hydroxyl groups is 1. The monoisotopic (exact) mass is 1110 g/mol. The van der Waals surface area contributed by atoms with Crippen LogP contribution in [0.25, 0.3) is 0 Å². The number of carbonyl (C=O) groups is 3. The van der Waals surface area contributed by atoms with Gasteiger partial charge < -0.3 is 24.2 Å². The molecule has 0 amide bonds. The predicted octanol–water partition coefficient (Wildman–Crippen LogP) is 18.6. The summed E-state index contributed by atoms with van der Waals surface area (Å²) in [5.41, 5.74) is 0. The van der Waals surface area contributed by atoms with Crippen molar-refractivity contribution in [2.45, 2.75) is 264 Å². The lowest BCUT2D eigenvalue weighted by Gasteiger charge is -2.21. The molecule has 0 bridgehead atoms. The highest BCUT2D eigenvalue weighted by Crippen LogP contribution is 2.43. The fourth-order valence-corrected chi connectivity index (χ4v) is 8.82. The minimum absolute atomic E-state index is 0.121. The highest BCUT2D eigenvalue weighted by molar-refractivity contribution is 7.47. The van der Waals surface area contributed by atoms with Gasteiger partial charge in [0.15, 0.2) is 6.10 Å². The second-order valence-corrected chi connectivity index (χ2v) is 21.6. The van der Waals surface area contributed by atoms with Gasteiger partial charge in [-0.25, -0.2) is 4.57 Å². The first-order chi connectivity index (χ1) is 38.2. The molecule has 0 aliphatic carbocycles. The largest absolute Gasteiger partial charge is 0.472 e. The average molecular weight is 1110 g/mol. The molecule has 12 heteroatoms. The van der Waals surface area contributed by atoms with Crippen molar-refractivity contribution in [1.82, 2.24) is 0 Å². The maximum Gasteiger partial charge on any atom is 0.472 e. The number of esters is 3. The van der Waals surface area contributed by atoms with Crippen LogP contribution in [0.2, 0.25) is 0 Å². The molecule has 0 saturated heterocycles. The molecule has 0 aromatic rings. The Morgan fingerprint density at radius 2 is 0.667 bits per heavy atom. The number of phosphoric ester groups is 1. The van der Waals surface area contributed by atoms with E-state index in [1.54, 1.807) is 0 Å². The highest BCUT2D eigenvalue weighted by Gasteiger charge is 2.28. The van der Waals surface area contributed by atoms with Gasteiger partial charge in [0.2, 0.25) is 0 Å². The van der Waals surface area contributed by atoms with E-state index in [1.807, 2.05) is 0 Å². The van der Waals surface area contributed by atoms with E-state index in [2.05, 4.69) is 130 Å². The summed E-state index contributed by atoms with van der Waals surface area (Å²) in [6.45, 7) is 4.35. The summed E-state index contributed by atoms with van der Waals surface area (Å²) in [5.74, 6) is -1.54. The third-order valence-electron chi connectivity index (χ3n) is 12.7. The molecule has 0 aliphatic rings. The molecule has 446 valence electrons. The maximum absolute atomic E-state index is 12.9. The molecule has 0 radical (unpaired) electrons. The first-order valence-electron chi connectivity index (χ1n) is 30.8. The van der Waals surface area contributed by atoms with Crippen LogP contribution in [0, 0.1) is 0 Å². The first-order valence-corrected chi connectivity index (χ1v) is 32.3. The van der Waals surface area contributed by atoms with Crippen molar-refractivity contribution in [3.63, 3.8) is 0 Å². The lowest BCUT2D eigenvalue weighted by Crippen LogP contribution is -2.30. The minimum Gasteiger partial charge on any atom is -0.462 e. The van der Waals surface area contributed by atoms with E-state index in [-0.39, 0.29) is 25.9 Å². The minimum atomic E-state index is -4.77. The summed E-state index contributed by atoms with van der Waals surface area (Å²) in [6, 6.07) is 0. The van der Waals surface area contributed by atoms with Crippen LogP contribution in [-0.4, -0.2) is 66.5 Å². The quantitative estimate of drug-likeness (QED) is 0.0197.